The molecule has 0 unspecified atom stereocenters. The van der Waals surface area contributed by atoms with E-state index >= 15 is 0 Å². The molecule has 2 aromatic rings. The number of halogens is 1. The molecule has 2 aliphatic carbocycles. The molecule has 1 atom stereocenters. The fourth-order valence-electron chi connectivity index (χ4n) is 3.81. The van der Waals surface area contributed by atoms with Gasteiger partial charge in [0.1, 0.15) is 11.9 Å². The third-order valence-corrected chi connectivity index (χ3v) is 6.02. The van der Waals surface area contributed by atoms with Gasteiger partial charge in [0.05, 0.1) is 19.3 Å². The number of carbonyl (C=O) groups excluding carboxylic acids is 1. The Hall–Kier alpha value is -2.38. The first-order valence-electron chi connectivity index (χ1n) is 10.7. The van der Waals surface area contributed by atoms with Crippen molar-refractivity contribution in [2.45, 2.75) is 57.3 Å². The molecular formula is C23H28ClN3O4. The minimum absolute atomic E-state index is 0.0108. The smallest absolute Gasteiger partial charge is 0.240 e. The van der Waals surface area contributed by atoms with E-state index in [0.717, 1.165) is 31.2 Å². The van der Waals surface area contributed by atoms with Crippen molar-refractivity contribution in [3.8, 4) is 11.8 Å². The molecule has 0 saturated heterocycles. The highest BCUT2D eigenvalue weighted by Gasteiger charge is 2.48. The molecule has 8 heteroatoms. The van der Waals surface area contributed by atoms with E-state index in [1.807, 2.05) is 25.1 Å². The van der Waals surface area contributed by atoms with Crippen LogP contribution in [0.1, 0.15) is 45.1 Å². The highest BCUT2D eigenvalue weighted by molar-refractivity contribution is 6.33. The predicted octanol–water partition coefficient (Wildman–Crippen LogP) is 3.90. The molecule has 0 radical (unpaired) electrons. The number of aromatic nitrogens is 2. The first kappa shape index (κ1) is 21.8. The van der Waals surface area contributed by atoms with E-state index in [1.54, 1.807) is 0 Å². The van der Waals surface area contributed by atoms with Crippen LogP contribution in [0, 0.1) is 5.92 Å². The van der Waals surface area contributed by atoms with E-state index in [2.05, 4.69) is 27.4 Å². The van der Waals surface area contributed by atoms with Crippen molar-refractivity contribution in [3.63, 3.8) is 0 Å². The Labute approximate surface area is 187 Å². The van der Waals surface area contributed by atoms with Crippen LogP contribution in [0.4, 0.5) is 0 Å². The van der Waals surface area contributed by atoms with Gasteiger partial charge in [0.2, 0.25) is 17.7 Å². The largest absolute Gasteiger partial charge is 0.476 e. The lowest BCUT2D eigenvalue weighted by Gasteiger charge is -2.35. The average molecular weight is 446 g/mol. The SMILES string of the molecule is CC(=O)N[C@@H](C)CO[C@H]1C[C@H](COc2ncnc(OC3(c4ccccc4)CC3)c2Cl)C1. The summed E-state index contributed by atoms with van der Waals surface area (Å²) >= 11 is 6.50. The molecule has 0 bridgehead atoms. The second-order valence-corrected chi connectivity index (χ2v) is 8.84. The molecular weight excluding hydrogens is 418 g/mol. The molecule has 2 fully saturated rings. The summed E-state index contributed by atoms with van der Waals surface area (Å²) in [5, 5.41) is 3.12. The molecule has 2 saturated carbocycles. The van der Waals surface area contributed by atoms with Crippen molar-refractivity contribution in [3.05, 3.63) is 47.2 Å². The minimum Gasteiger partial charge on any atom is -0.476 e. The number of nitrogens with one attached hydrogen (secondary N) is 1. The van der Waals surface area contributed by atoms with Crippen LogP contribution in [0.2, 0.25) is 5.02 Å². The van der Waals surface area contributed by atoms with Gasteiger partial charge < -0.3 is 19.5 Å². The monoisotopic (exact) mass is 445 g/mol. The predicted molar refractivity (Wildman–Crippen MR) is 116 cm³/mol. The summed E-state index contributed by atoms with van der Waals surface area (Å²) in [5.74, 6) is 1.04. The van der Waals surface area contributed by atoms with Gasteiger partial charge in [0, 0.05) is 13.0 Å². The molecule has 1 N–H and O–H groups in total. The van der Waals surface area contributed by atoms with Gasteiger partial charge in [0.25, 0.3) is 0 Å². The number of rotatable bonds is 10. The molecule has 1 amide bonds. The summed E-state index contributed by atoms with van der Waals surface area (Å²) in [6, 6.07) is 10.1. The number of amides is 1. The third-order valence-electron chi connectivity index (χ3n) is 5.70. The molecule has 2 aliphatic rings. The second kappa shape index (κ2) is 9.40. The molecule has 0 spiro atoms. The molecule has 1 aromatic heterocycles. The van der Waals surface area contributed by atoms with E-state index in [9.17, 15) is 4.79 Å². The first-order chi connectivity index (χ1) is 14.9. The van der Waals surface area contributed by atoms with Crippen molar-refractivity contribution in [1.82, 2.24) is 15.3 Å². The van der Waals surface area contributed by atoms with Crippen molar-refractivity contribution in [2.24, 2.45) is 5.92 Å². The number of hydrogen-bond acceptors (Lipinski definition) is 6. The Morgan fingerprint density at radius 3 is 2.61 bits per heavy atom. The zero-order valence-electron chi connectivity index (χ0n) is 17.8. The van der Waals surface area contributed by atoms with E-state index < -0.39 is 0 Å². The maximum atomic E-state index is 11.0. The maximum absolute atomic E-state index is 11.0. The van der Waals surface area contributed by atoms with Gasteiger partial charge in [-0.1, -0.05) is 41.9 Å². The molecule has 0 aliphatic heterocycles. The fraction of sp³-hybridized carbons (Fsp3) is 0.522. The van der Waals surface area contributed by atoms with Gasteiger partial charge in [-0.15, -0.1) is 0 Å². The number of carbonyl (C=O) groups is 1. The highest BCUT2D eigenvalue weighted by atomic mass is 35.5. The lowest BCUT2D eigenvalue weighted by atomic mass is 9.83. The number of benzene rings is 1. The van der Waals surface area contributed by atoms with Crippen LogP contribution >= 0.6 is 11.6 Å². The molecule has 31 heavy (non-hydrogen) atoms. The first-order valence-corrected chi connectivity index (χ1v) is 11.1. The summed E-state index contributed by atoms with van der Waals surface area (Å²) in [7, 11) is 0. The molecule has 166 valence electrons. The average Bonchev–Trinajstić information content (AvgIpc) is 3.50. The summed E-state index contributed by atoms with van der Waals surface area (Å²) < 4.78 is 17.9. The quantitative estimate of drug-likeness (QED) is 0.597. The van der Waals surface area contributed by atoms with E-state index in [1.165, 1.54) is 13.3 Å². The van der Waals surface area contributed by atoms with E-state index in [0.29, 0.717) is 35.9 Å². The van der Waals surface area contributed by atoms with Crippen LogP contribution in [0.5, 0.6) is 11.8 Å². The van der Waals surface area contributed by atoms with Gasteiger partial charge in [0.15, 0.2) is 5.02 Å². The van der Waals surface area contributed by atoms with Crippen molar-refractivity contribution in [1.29, 1.82) is 0 Å². The number of hydrogen-bond donors (Lipinski definition) is 1. The van der Waals surface area contributed by atoms with Gasteiger partial charge in [-0.3, -0.25) is 4.79 Å². The van der Waals surface area contributed by atoms with Crippen LogP contribution in [-0.4, -0.2) is 41.2 Å². The number of ether oxygens (including phenoxy) is 3. The van der Waals surface area contributed by atoms with Gasteiger partial charge in [-0.25, -0.2) is 9.97 Å². The van der Waals surface area contributed by atoms with Gasteiger partial charge in [-0.2, -0.15) is 0 Å². The van der Waals surface area contributed by atoms with Crippen molar-refractivity contribution in [2.75, 3.05) is 13.2 Å². The van der Waals surface area contributed by atoms with Crippen molar-refractivity contribution >= 4 is 17.5 Å². The highest BCUT2D eigenvalue weighted by Crippen LogP contribution is 2.50. The molecule has 7 nitrogen and oxygen atoms in total. The summed E-state index contributed by atoms with van der Waals surface area (Å²) in [6.07, 6.45) is 5.31. The Bertz CT molecular complexity index is 901. The normalized spacial score (nSPS) is 22.2. The maximum Gasteiger partial charge on any atom is 0.240 e. The number of nitrogens with zero attached hydrogens (tertiary/aromatic N) is 2. The van der Waals surface area contributed by atoms with Crippen LogP contribution in [0.25, 0.3) is 0 Å². The van der Waals surface area contributed by atoms with Crippen LogP contribution < -0.4 is 14.8 Å². The summed E-state index contributed by atoms with van der Waals surface area (Å²) in [6.45, 7) is 4.47. The topological polar surface area (TPSA) is 82.6 Å². The Morgan fingerprint density at radius 1 is 1.23 bits per heavy atom. The fourth-order valence-corrected chi connectivity index (χ4v) is 4.00. The van der Waals surface area contributed by atoms with Gasteiger partial charge >= 0.3 is 0 Å². The lowest BCUT2D eigenvalue weighted by molar-refractivity contribution is -0.120. The molecule has 1 heterocycles. The zero-order valence-corrected chi connectivity index (χ0v) is 18.6. The standard InChI is InChI=1S/C23H28ClN3O4/c1-15(27-16(2)28)12-29-19-10-17(11-19)13-30-21-20(24)22(26-14-25-21)31-23(8-9-23)18-6-4-3-5-7-18/h3-7,14-15,17,19H,8-13H2,1-2H3,(H,27,28)/t15-,17-,19-/m0/s1. The summed E-state index contributed by atoms with van der Waals surface area (Å²) in [5.41, 5.74) is 0.768. The molecule has 1 aromatic carbocycles. The van der Waals surface area contributed by atoms with Crippen LogP contribution in [0.15, 0.2) is 36.7 Å². The third kappa shape index (κ3) is 5.46. The van der Waals surface area contributed by atoms with E-state index in [4.69, 9.17) is 25.8 Å². The van der Waals surface area contributed by atoms with E-state index in [-0.39, 0.29) is 23.7 Å². The Balaban J connectivity index is 1.25. The summed E-state index contributed by atoms with van der Waals surface area (Å²) in [4.78, 5) is 19.5. The van der Waals surface area contributed by atoms with Crippen molar-refractivity contribution < 1.29 is 19.0 Å². The minimum atomic E-state index is -0.358. The Morgan fingerprint density at radius 2 is 1.94 bits per heavy atom. The Kier molecular flexibility index (Phi) is 6.62. The second-order valence-electron chi connectivity index (χ2n) is 8.47. The lowest BCUT2D eigenvalue weighted by Crippen LogP contribution is -2.40. The van der Waals surface area contributed by atoms with Crippen LogP contribution in [0.3, 0.4) is 0 Å². The molecule has 4 rings (SSSR count). The zero-order chi connectivity index (χ0) is 21.8. The van der Waals surface area contributed by atoms with Crippen LogP contribution in [-0.2, 0) is 15.1 Å². The van der Waals surface area contributed by atoms with Gasteiger partial charge in [-0.05, 0) is 44.1 Å².